The molecule has 0 bridgehead atoms. The zero-order valence-electron chi connectivity index (χ0n) is 7.39. The van der Waals surface area contributed by atoms with Crippen molar-refractivity contribution in [1.29, 1.82) is 0 Å². The molecular formula is C10H9ClFNO. The zero-order valence-corrected chi connectivity index (χ0v) is 8.14. The number of Topliss-reactive ketones (excluding diaryl/α,β-unsaturated/α-hetero) is 1. The van der Waals surface area contributed by atoms with Gasteiger partial charge in [0.25, 0.3) is 0 Å². The molecular weight excluding hydrogens is 205 g/mol. The van der Waals surface area contributed by atoms with E-state index >= 15 is 0 Å². The second-order valence-electron chi connectivity index (χ2n) is 3.61. The molecule has 2 N–H and O–H groups in total. The predicted octanol–water partition coefficient (Wildman–Crippen LogP) is 2.15. The van der Waals surface area contributed by atoms with Crippen molar-refractivity contribution in [2.24, 2.45) is 5.73 Å². The first-order chi connectivity index (χ1) is 6.53. The fourth-order valence-electron chi connectivity index (χ4n) is 1.29. The Morgan fingerprint density at radius 2 is 2.14 bits per heavy atom. The number of hydrogen-bond acceptors (Lipinski definition) is 2. The molecule has 2 rings (SSSR count). The number of halogens is 2. The largest absolute Gasteiger partial charge is 0.319 e. The second kappa shape index (κ2) is 3.04. The second-order valence-corrected chi connectivity index (χ2v) is 4.02. The normalized spacial score (nSPS) is 17.9. The molecule has 1 aliphatic rings. The molecule has 1 aromatic carbocycles. The Balaban J connectivity index is 2.33. The summed E-state index contributed by atoms with van der Waals surface area (Å²) in [5.41, 5.74) is 5.39. The Bertz CT molecular complexity index is 401. The minimum absolute atomic E-state index is 0.0416. The molecule has 2 nitrogen and oxygen atoms in total. The maximum absolute atomic E-state index is 12.8. The molecule has 0 heterocycles. The molecule has 0 unspecified atom stereocenters. The molecule has 1 saturated carbocycles. The van der Waals surface area contributed by atoms with Gasteiger partial charge < -0.3 is 5.73 Å². The van der Waals surface area contributed by atoms with Crippen molar-refractivity contribution in [2.75, 3.05) is 0 Å². The van der Waals surface area contributed by atoms with Gasteiger partial charge in [-0.25, -0.2) is 4.39 Å². The smallest absolute Gasteiger partial charge is 0.182 e. The average molecular weight is 214 g/mol. The fraction of sp³-hybridized carbons (Fsp3) is 0.300. The SMILES string of the molecule is NC1(C(=O)c2ccc(F)c(Cl)c2)CC1. The number of hydrogen-bond donors (Lipinski definition) is 1. The van der Waals surface area contributed by atoms with Crippen molar-refractivity contribution in [3.05, 3.63) is 34.6 Å². The van der Waals surface area contributed by atoms with E-state index in [2.05, 4.69) is 0 Å². The van der Waals surface area contributed by atoms with Crippen LogP contribution in [0.15, 0.2) is 18.2 Å². The van der Waals surface area contributed by atoms with Crippen LogP contribution in [0.2, 0.25) is 5.02 Å². The lowest BCUT2D eigenvalue weighted by Crippen LogP contribution is -2.32. The van der Waals surface area contributed by atoms with Crippen LogP contribution in [0.25, 0.3) is 0 Å². The van der Waals surface area contributed by atoms with Gasteiger partial charge in [-0.3, -0.25) is 4.79 Å². The van der Waals surface area contributed by atoms with Gasteiger partial charge in [0.15, 0.2) is 5.78 Å². The average Bonchev–Trinajstić information content (AvgIpc) is 2.89. The molecule has 0 spiro atoms. The Morgan fingerprint density at radius 3 is 2.64 bits per heavy atom. The van der Waals surface area contributed by atoms with Crippen LogP contribution in [-0.2, 0) is 0 Å². The number of carbonyl (C=O) groups excluding carboxylic acids is 1. The summed E-state index contributed by atoms with van der Waals surface area (Å²) in [6, 6.07) is 3.92. The van der Waals surface area contributed by atoms with Crippen LogP contribution < -0.4 is 5.73 Å². The summed E-state index contributed by atoms with van der Waals surface area (Å²) in [5.74, 6) is -0.676. The highest BCUT2D eigenvalue weighted by atomic mass is 35.5. The van der Waals surface area contributed by atoms with Crippen molar-refractivity contribution in [2.45, 2.75) is 18.4 Å². The molecule has 14 heavy (non-hydrogen) atoms. The summed E-state index contributed by atoms with van der Waals surface area (Å²) in [7, 11) is 0. The molecule has 1 aromatic rings. The molecule has 0 aliphatic heterocycles. The Labute approximate surface area is 85.9 Å². The van der Waals surface area contributed by atoms with Crippen LogP contribution >= 0.6 is 11.6 Å². The molecule has 74 valence electrons. The van der Waals surface area contributed by atoms with Gasteiger partial charge in [-0.05, 0) is 31.0 Å². The summed E-state index contributed by atoms with van der Waals surface area (Å²) < 4.78 is 12.8. The quantitative estimate of drug-likeness (QED) is 0.765. The number of benzene rings is 1. The molecule has 4 heteroatoms. The standard InChI is InChI=1S/C10H9ClFNO/c11-7-5-6(1-2-8(7)12)9(14)10(13)3-4-10/h1-2,5H,3-4,13H2. The van der Waals surface area contributed by atoms with Gasteiger partial charge in [0.2, 0.25) is 0 Å². The van der Waals surface area contributed by atoms with E-state index < -0.39 is 11.4 Å². The fourth-order valence-corrected chi connectivity index (χ4v) is 1.47. The Morgan fingerprint density at radius 1 is 1.50 bits per heavy atom. The van der Waals surface area contributed by atoms with E-state index in [4.69, 9.17) is 17.3 Å². The summed E-state index contributed by atoms with van der Waals surface area (Å²) in [6.07, 6.45) is 1.39. The highest BCUT2D eigenvalue weighted by Gasteiger charge is 2.46. The predicted molar refractivity (Wildman–Crippen MR) is 51.9 cm³/mol. The molecule has 1 fully saturated rings. The maximum Gasteiger partial charge on any atom is 0.182 e. The minimum Gasteiger partial charge on any atom is -0.319 e. The summed E-state index contributed by atoms with van der Waals surface area (Å²) in [5, 5.41) is -0.0416. The molecule has 1 aliphatic carbocycles. The first-order valence-corrected chi connectivity index (χ1v) is 4.69. The summed E-state index contributed by atoms with van der Waals surface area (Å²) >= 11 is 5.56. The van der Waals surface area contributed by atoms with E-state index in [9.17, 15) is 9.18 Å². The molecule has 0 aromatic heterocycles. The Hall–Kier alpha value is -0.930. The lowest BCUT2D eigenvalue weighted by atomic mass is 10.0. The number of nitrogens with two attached hydrogens (primary N) is 1. The van der Waals surface area contributed by atoms with Crippen molar-refractivity contribution in [3.8, 4) is 0 Å². The van der Waals surface area contributed by atoms with Crippen LogP contribution in [0, 0.1) is 5.82 Å². The van der Waals surface area contributed by atoms with Gasteiger partial charge in [-0.15, -0.1) is 0 Å². The molecule has 0 atom stereocenters. The first-order valence-electron chi connectivity index (χ1n) is 4.32. The number of rotatable bonds is 2. The van der Waals surface area contributed by atoms with Gasteiger partial charge in [-0.1, -0.05) is 11.6 Å². The highest BCUT2D eigenvalue weighted by molar-refractivity contribution is 6.31. The van der Waals surface area contributed by atoms with Crippen LogP contribution in [0.5, 0.6) is 0 Å². The topological polar surface area (TPSA) is 43.1 Å². The van der Waals surface area contributed by atoms with E-state index in [1.54, 1.807) is 0 Å². The van der Waals surface area contributed by atoms with E-state index in [0.29, 0.717) is 18.4 Å². The van der Waals surface area contributed by atoms with Crippen molar-refractivity contribution in [3.63, 3.8) is 0 Å². The third-order valence-corrected chi connectivity index (χ3v) is 2.71. The van der Waals surface area contributed by atoms with Crippen LogP contribution in [0.3, 0.4) is 0 Å². The van der Waals surface area contributed by atoms with Gasteiger partial charge >= 0.3 is 0 Å². The van der Waals surface area contributed by atoms with E-state index in [0.717, 1.165) is 0 Å². The highest BCUT2D eigenvalue weighted by Crippen LogP contribution is 2.36. The van der Waals surface area contributed by atoms with Crippen LogP contribution in [0.1, 0.15) is 23.2 Å². The lowest BCUT2D eigenvalue weighted by molar-refractivity contribution is 0.0949. The Kier molecular flexibility index (Phi) is 2.09. The zero-order chi connectivity index (χ0) is 10.3. The molecule has 0 amide bonds. The summed E-state index contributed by atoms with van der Waals surface area (Å²) in [4.78, 5) is 11.7. The van der Waals surface area contributed by atoms with E-state index in [1.807, 2.05) is 0 Å². The summed E-state index contributed by atoms with van der Waals surface area (Å²) in [6.45, 7) is 0. The van der Waals surface area contributed by atoms with Gasteiger partial charge in [0.1, 0.15) is 5.82 Å². The van der Waals surface area contributed by atoms with E-state index in [1.165, 1.54) is 18.2 Å². The van der Waals surface area contributed by atoms with Crippen LogP contribution in [0.4, 0.5) is 4.39 Å². The third kappa shape index (κ3) is 1.53. The van der Waals surface area contributed by atoms with Crippen LogP contribution in [-0.4, -0.2) is 11.3 Å². The minimum atomic E-state index is -0.721. The van der Waals surface area contributed by atoms with Gasteiger partial charge in [0, 0.05) is 5.56 Å². The molecule has 0 saturated heterocycles. The first kappa shape index (κ1) is 9.62. The van der Waals surface area contributed by atoms with Crippen molar-refractivity contribution in [1.82, 2.24) is 0 Å². The lowest BCUT2D eigenvalue weighted by Gasteiger charge is -2.07. The third-order valence-electron chi connectivity index (χ3n) is 2.42. The van der Waals surface area contributed by atoms with E-state index in [-0.39, 0.29) is 10.8 Å². The monoisotopic (exact) mass is 213 g/mol. The number of carbonyl (C=O) groups is 1. The van der Waals surface area contributed by atoms with Crippen molar-refractivity contribution >= 4 is 17.4 Å². The number of ketones is 1. The van der Waals surface area contributed by atoms with Gasteiger partial charge in [-0.2, -0.15) is 0 Å². The molecule has 0 radical (unpaired) electrons. The van der Waals surface area contributed by atoms with Crippen molar-refractivity contribution < 1.29 is 9.18 Å². The maximum atomic E-state index is 12.8. The van der Waals surface area contributed by atoms with Gasteiger partial charge in [0.05, 0.1) is 10.6 Å².